The van der Waals surface area contributed by atoms with Crippen LogP contribution in [0.2, 0.25) is 0 Å². The van der Waals surface area contributed by atoms with Crippen LogP contribution in [0.3, 0.4) is 0 Å². The third-order valence-corrected chi connectivity index (χ3v) is 3.05. The van der Waals surface area contributed by atoms with Crippen molar-refractivity contribution >= 4 is 21.7 Å². The Morgan fingerprint density at radius 3 is 2.88 bits per heavy atom. The Morgan fingerprint density at radius 2 is 2.31 bits per heavy atom. The van der Waals surface area contributed by atoms with Gasteiger partial charge in [0.1, 0.15) is 0 Å². The van der Waals surface area contributed by atoms with Gasteiger partial charge in [-0.3, -0.25) is 5.21 Å². The largest absolute Gasteiger partial charge is 0.377 e. The fourth-order valence-corrected chi connectivity index (χ4v) is 1.91. The summed E-state index contributed by atoms with van der Waals surface area (Å²) in [4.78, 5) is 4.13. The molecule has 16 heavy (non-hydrogen) atoms. The zero-order valence-corrected chi connectivity index (χ0v) is 10.5. The number of hydrogen-bond acceptors (Lipinski definition) is 4. The van der Waals surface area contributed by atoms with E-state index in [4.69, 9.17) is 4.74 Å². The van der Waals surface area contributed by atoms with Gasteiger partial charge in [-0.05, 0) is 28.1 Å². The quantitative estimate of drug-likeness (QED) is 0.684. The van der Waals surface area contributed by atoms with E-state index in [0.29, 0.717) is 5.82 Å². The predicted octanol–water partition coefficient (Wildman–Crippen LogP) is 2.38. The fraction of sp³-hybridized carbons (Fsp3) is 0.364. The van der Waals surface area contributed by atoms with Gasteiger partial charge in [-0.2, -0.15) is 0 Å². The van der Waals surface area contributed by atoms with Gasteiger partial charge in [0.15, 0.2) is 5.82 Å². The van der Waals surface area contributed by atoms with E-state index in [1.165, 1.54) is 5.06 Å². The zero-order valence-electron chi connectivity index (χ0n) is 8.88. The molecule has 2 rings (SSSR count). The number of halogens is 1. The lowest BCUT2D eigenvalue weighted by molar-refractivity contribution is 0.126. The summed E-state index contributed by atoms with van der Waals surface area (Å²) in [5.74, 6) is 0.537. The van der Waals surface area contributed by atoms with Gasteiger partial charge in [-0.1, -0.05) is 12.2 Å². The van der Waals surface area contributed by atoms with Crippen molar-refractivity contribution in [3.8, 4) is 0 Å². The number of hydrogen-bond donors (Lipinski definition) is 1. The third-order valence-electron chi connectivity index (χ3n) is 2.59. The van der Waals surface area contributed by atoms with Crippen LogP contribution in [0.5, 0.6) is 0 Å². The topological polar surface area (TPSA) is 45.6 Å². The SMILES string of the molecule is CO[C@H]1C=C[C@H](N(O)c2ccc(Br)cn2)C1. The van der Waals surface area contributed by atoms with Crippen molar-refractivity contribution in [1.29, 1.82) is 0 Å². The molecule has 0 fully saturated rings. The van der Waals surface area contributed by atoms with Gasteiger partial charge in [0, 0.05) is 24.2 Å². The fourth-order valence-electron chi connectivity index (χ4n) is 1.68. The van der Waals surface area contributed by atoms with Gasteiger partial charge in [0.05, 0.1) is 12.1 Å². The maximum absolute atomic E-state index is 9.97. The maximum Gasteiger partial charge on any atom is 0.152 e. The molecule has 1 heterocycles. The summed E-state index contributed by atoms with van der Waals surface area (Å²) in [7, 11) is 1.66. The summed E-state index contributed by atoms with van der Waals surface area (Å²) in [6.07, 6.45) is 6.36. The van der Waals surface area contributed by atoms with Gasteiger partial charge in [-0.25, -0.2) is 10.0 Å². The molecule has 0 saturated heterocycles. The molecule has 1 N–H and O–H groups in total. The zero-order chi connectivity index (χ0) is 11.5. The molecule has 1 aromatic rings. The Kier molecular flexibility index (Phi) is 3.58. The van der Waals surface area contributed by atoms with Crippen LogP contribution in [0.1, 0.15) is 6.42 Å². The predicted molar refractivity (Wildman–Crippen MR) is 64.5 cm³/mol. The minimum absolute atomic E-state index is 0.0707. The van der Waals surface area contributed by atoms with E-state index in [-0.39, 0.29) is 12.1 Å². The van der Waals surface area contributed by atoms with Crippen LogP contribution in [0.15, 0.2) is 35.0 Å². The van der Waals surface area contributed by atoms with Crippen LogP contribution in [0.25, 0.3) is 0 Å². The Bertz CT molecular complexity index is 380. The van der Waals surface area contributed by atoms with E-state index in [1.54, 1.807) is 19.4 Å². The highest BCUT2D eigenvalue weighted by molar-refractivity contribution is 9.10. The molecule has 0 spiro atoms. The average molecular weight is 285 g/mol. The first-order chi connectivity index (χ1) is 7.70. The summed E-state index contributed by atoms with van der Waals surface area (Å²) >= 11 is 3.30. The second kappa shape index (κ2) is 4.95. The Balaban J connectivity index is 2.06. The lowest BCUT2D eigenvalue weighted by Crippen LogP contribution is -2.31. The molecule has 1 aromatic heterocycles. The molecule has 4 nitrogen and oxygen atoms in total. The molecule has 1 aliphatic rings. The van der Waals surface area contributed by atoms with Crippen LogP contribution >= 0.6 is 15.9 Å². The second-order valence-corrected chi connectivity index (χ2v) is 4.56. The van der Waals surface area contributed by atoms with Crippen molar-refractivity contribution in [1.82, 2.24) is 4.98 Å². The molecule has 1 aliphatic carbocycles. The average Bonchev–Trinajstić information content (AvgIpc) is 2.77. The summed E-state index contributed by atoms with van der Waals surface area (Å²) in [6.45, 7) is 0. The first-order valence-corrected chi connectivity index (χ1v) is 5.81. The van der Waals surface area contributed by atoms with Crippen molar-refractivity contribution in [3.05, 3.63) is 35.0 Å². The smallest absolute Gasteiger partial charge is 0.152 e. The standard InChI is InChI=1S/C11H13BrN2O2/c1-16-10-4-3-9(6-10)14(15)11-5-2-8(12)7-13-11/h2-5,7,9-10,15H,6H2,1H3/t9-,10-/m0/s1. The molecule has 86 valence electrons. The third kappa shape index (κ3) is 2.42. The minimum Gasteiger partial charge on any atom is -0.377 e. The number of anilines is 1. The molecule has 0 amide bonds. The summed E-state index contributed by atoms with van der Waals surface area (Å²) in [5, 5.41) is 11.1. The summed E-state index contributed by atoms with van der Waals surface area (Å²) < 4.78 is 6.08. The molecular formula is C11H13BrN2O2. The highest BCUT2D eigenvalue weighted by atomic mass is 79.9. The van der Waals surface area contributed by atoms with Crippen LogP contribution < -0.4 is 5.06 Å². The van der Waals surface area contributed by atoms with E-state index in [0.717, 1.165) is 10.9 Å². The van der Waals surface area contributed by atoms with E-state index in [9.17, 15) is 5.21 Å². The summed E-state index contributed by atoms with van der Waals surface area (Å²) in [5.41, 5.74) is 0. The Hall–Kier alpha value is -0.910. The van der Waals surface area contributed by atoms with Crippen molar-refractivity contribution in [2.24, 2.45) is 0 Å². The lowest BCUT2D eigenvalue weighted by atomic mass is 10.2. The molecule has 2 atom stereocenters. The Morgan fingerprint density at radius 1 is 1.50 bits per heavy atom. The number of methoxy groups -OCH3 is 1. The van der Waals surface area contributed by atoms with Crippen LogP contribution in [-0.4, -0.2) is 29.4 Å². The number of aromatic nitrogens is 1. The molecule has 0 aliphatic heterocycles. The molecule has 5 heteroatoms. The van der Waals surface area contributed by atoms with E-state index >= 15 is 0 Å². The van der Waals surface area contributed by atoms with Crippen molar-refractivity contribution < 1.29 is 9.94 Å². The molecular weight excluding hydrogens is 272 g/mol. The van der Waals surface area contributed by atoms with Crippen molar-refractivity contribution in [2.75, 3.05) is 12.2 Å². The lowest BCUT2D eigenvalue weighted by Gasteiger charge is -2.22. The van der Waals surface area contributed by atoms with E-state index in [1.807, 2.05) is 18.2 Å². The molecule has 0 bridgehead atoms. The maximum atomic E-state index is 9.97. The van der Waals surface area contributed by atoms with E-state index in [2.05, 4.69) is 20.9 Å². The second-order valence-electron chi connectivity index (χ2n) is 3.64. The van der Waals surface area contributed by atoms with Crippen LogP contribution in [0.4, 0.5) is 5.82 Å². The first kappa shape index (κ1) is 11.6. The van der Waals surface area contributed by atoms with Gasteiger partial charge in [0.25, 0.3) is 0 Å². The van der Waals surface area contributed by atoms with Crippen LogP contribution in [-0.2, 0) is 4.74 Å². The highest BCUT2D eigenvalue weighted by Crippen LogP contribution is 2.22. The van der Waals surface area contributed by atoms with Crippen LogP contribution in [0, 0.1) is 0 Å². The minimum atomic E-state index is -0.0707. The molecule has 0 saturated carbocycles. The molecule has 0 unspecified atom stereocenters. The normalized spacial score (nSPS) is 23.7. The number of nitrogens with zero attached hydrogens (tertiary/aromatic N) is 2. The highest BCUT2D eigenvalue weighted by Gasteiger charge is 2.24. The van der Waals surface area contributed by atoms with E-state index < -0.39 is 0 Å². The summed E-state index contributed by atoms with van der Waals surface area (Å²) in [6, 6.07) is 3.54. The van der Waals surface area contributed by atoms with Gasteiger partial charge < -0.3 is 4.74 Å². The van der Waals surface area contributed by atoms with Gasteiger partial charge in [0.2, 0.25) is 0 Å². The van der Waals surface area contributed by atoms with Gasteiger partial charge in [-0.15, -0.1) is 0 Å². The van der Waals surface area contributed by atoms with Crippen molar-refractivity contribution in [3.63, 3.8) is 0 Å². The first-order valence-electron chi connectivity index (χ1n) is 5.01. The number of hydroxylamine groups is 1. The number of rotatable bonds is 3. The van der Waals surface area contributed by atoms with Crippen molar-refractivity contribution in [2.45, 2.75) is 18.6 Å². The Labute approximate surface area is 103 Å². The molecule has 0 aromatic carbocycles. The number of ether oxygens (including phenoxy) is 1. The monoisotopic (exact) mass is 284 g/mol. The molecule has 0 radical (unpaired) electrons. The number of pyridine rings is 1. The van der Waals surface area contributed by atoms with Gasteiger partial charge >= 0.3 is 0 Å².